The van der Waals surface area contributed by atoms with Crippen molar-refractivity contribution in [1.82, 2.24) is 5.32 Å². The molecule has 4 nitrogen and oxygen atoms in total. The number of rotatable bonds is 7. The van der Waals surface area contributed by atoms with E-state index >= 15 is 0 Å². The predicted molar refractivity (Wildman–Crippen MR) is 76.8 cm³/mol. The topological polar surface area (TPSA) is 64.3 Å². The predicted octanol–water partition coefficient (Wildman–Crippen LogP) is 1.62. The maximum absolute atomic E-state index is 11.8. The van der Waals surface area contributed by atoms with Gasteiger partial charge in [-0.25, -0.2) is 0 Å². The van der Waals surface area contributed by atoms with E-state index in [1.54, 1.807) is 7.11 Å². The summed E-state index contributed by atoms with van der Waals surface area (Å²) in [6.45, 7) is 4.99. The molecule has 1 rings (SSSR count). The number of nitrogens with one attached hydrogen (secondary N) is 1. The number of ether oxygens (including phenoxy) is 1. The van der Waals surface area contributed by atoms with Gasteiger partial charge in [-0.2, -0.15) is 0 Å². The summed E-state index contributed by atoms with van der Waals surface area (Å²) in [6.07, 6.45) is 1.24. The van der Waals surface area contributed by atoms with Crippen molar-refractivity contribution in [2.45, 2.75) is 38.8 Å². The Labute approximate surface area is 115 Å². The van der Waals surface area contributed by atoms with Gasteiger partial charge < -0.3 is 15.8 Å². The number of hydrogen-bond acceptors (Lipinski definition) is 3. The third kappa shape index (κ3) is 5.85. The first-order valence-electron chi connectivity index (χ1n) is 6.56. The van der Waals surface area contributed by atoms with Crippen LogP contribution < -0.4 is 11.1 Å². The fourth-order valence-corrected chi connectivity index (χ4v) is 1.71. The number of carbonyl (C=O) groups is 1. The fraction of sp³-hybridized carbons (Fsp3) is 0.533. The van der Waals surface area contributed by atoms with Crippen molar-refractivity contribution in [1.29, 1.82) is 0 Å². The van der Waals surface area contributed by atoms with E-state index in [-0.39, 0.29) is 5.91 Å². The lowest BCUT2D eigenvalue weighted by Crippen LogP contribution is -2.33. The van der Waals surface area contributed by atoms with Crippen LogP contribution in [0.15, 0.2) is 24.3 Å². The molecule has 19 heavy (non-hydrogen) atoms. The van der Waals surface area contributed by atoms with Crippen molar-refractivity contribution < 1.29 is 9.53 Å². The molecular weight excluding hydrogens is 240 g/mol. The van der Waals surface area contributed by atoms with Gasteiger partial charge >= 0.3 is 0 Å². The van der Waals surface area contributed by atoms with Crippen molar-refractivity contribution in [3.05, 3.63) is 35.4 Å². The van der Waals surface area contributed by atoms with Gasteiger partial charge in [-0.15, -0.1) is 0 Å². The molecule has 1 amide bonds. The third-order valence-electron chi connectivity index (χ3n) is 3.08. The quantitative estimate of drug-likeness (QED) is 0.786. The van der Waals surface area contributed by atoms with E-state index in [0.29, 0.717) is 19.5 Å². The maximum atomic E-state index is 11.8. The molecule has 0 aliphatic carbocycles. The number of hydrogen-bond donors (Lipinski definition) is 2. The zero-order chi connectivity index (χ0) is 14.3. The molecule has 0 atom stereocenters. The molecule has 4 heteroatoms. The van der Waals surface area contributed by atoms with Gasteiger partial charge in [0.05, 0.1) is 12.0 Å². The highest BCUT2D eigenvalue weighted by molar-refractivity contribution is 5.76. The molecule has 0 bridgehead atoms. The molecule has 0 saturated carbocycles. The van der Waals surface area contributed by atoms with Crippen LogP contribution in [-0.4, -0.2) is 25.2 Å². The number of nitrogens with two attached hydrogens (primary N) is 1. The standard InChI is InChI=1S/C15H24N2O2/c1-15(2,19-3)10-14(18)17-11-13-6-4-12(5-7-13)8-9-16/h4-7H,8-11,16H2,1-3H3,(H,17,18). The van der Waals surface area contributed by atoms with Crippen LogP contribution in [0.25, 0.3) is 0 Å². The summed E-state index contributed by atoms with van der Waals surface area (Å²) in [6, 6.07) is 8.14. The fourth-order valence-electron chi connectivity index (χ4n) is 1.71. The summed E-state index contributed by atoms with van der Waals surface area (Å²) < 4.78 is 5.23. The average Bonchev–Trinajstić information content (AvgIpc) is 2.38. The van der Waals surface area contributed by atoms with Gasteiger partial charge in [-0.1, -0.05) is 24.3 Å². The summed E-state index contributed by atoms with van der Waals surface area (Å²) in [5, 5.41) is 2.90. The summed E-state index contributed by atoms with van der Waals surface area (Å²) >= 11 is 0. The van der Waals surface area contributed by atoms with Crippen molar-refractivity contribution in [2.24, 2.45) is 5.73 Å². The van der Waals surface area contributed by atoms with E-state index in [0.717, 1.165) is 12.0 Å². The Morgan fingerprint density at radius 2 is 1.84 bits per heavy atom. The van der Waals surface area contributed by atoms with E-state index < -0.39 is 5.60 Å². The van der Waals surface area contributed by atoms with E-state index in [4.69, 9.17) is 10.5 Å². The Morgan fingerprint density at radius 1 is 1.26 bits per heavy atom. The van der Waals surface area contributed by atoms with Crippen LogP contribution in [-0.2, 0) is 22.5 Å². The summed E-state index contributed by atoms with van der Waals surface area (Å²) in [7, 11) is 1.61. The minimum absolute atomic E-state index is 0.00196. The highest BCUT2D eigenvalue weighted by Crippen LogP contribution is 2.12. The van der Waals surface area contributed by atoms with Gasteiger partial charge in [-0.3, -0.25) is 4.79 Å². The first kappa shape index (κ1) is 15.7. The Morgan fingerprint density at radius 3 is 2.37 bits per heavy atom. The third-order valence-corrected chi connectivity index (χ3v) is 3.08. The molecule has 0 spiro atoms. The van der Waals surface area contributed by atoms with Crippen LogP contribution in [0.4, 0.5) is 0 Å². The van der Waals surface area contributed by atoms with Crippen LogP contribution in [0, 0.1) is 0 Å². The smallest absolute Gasteiger partial charge is 0.223 e. The van der Waals surface area contributed by atoms with Crippen LogP contribution in [0.2, 0.25) is 0 Å². The van der Waals surface area contributed by atoms with Crippen LogP contribution in [0.5, 0.6) is 0 Å². The van der Waals surface area contributed by atoms with Crippen LogP contribution >= 0.6 is 0 Å². The Bertz CT molecular complexity index is 399. The van der Waals surface area contributed by atoms with Gasteiger partial charge in [0.15, 0.2) is 0 Å². The molecule has 0 aromatic heterocycles. The van der Waals surface area contributed by atoms with E-state index in [2.05, 4.69) is 5.32 Å². The Hall–Kier alpha value is -1.39. The lowest BCUT2D eigenvalue weighted by Gasteiger charge is -2.21. The molecule has 0 radical (unpaired) electrons. The normalized spacial score (nSPS) is 11.4. The van der Waals surface area contributed by atoms with Gasteiger partial charge in [0.1, 0.15) is 0 Å². The van der Waals surface area contributed by atoms with Gasteiger partial charge in [0.25, 0.3) is 0 Å². The zero-order valence-electron chi connectivity index (χ0n) is 12.0. The molecular formula is C15H24N2O2. The second-order valence-corrected chi connectivity index (χ2v) is 5.27. The van der Waals surface area contributed by atoms with Gasteiger partial charge in [0.2, 0.25) is 5.91 Å². The highest BCUT2D eigenvalue weighted by Gasteiger charge is 2.20. The molecule has 0 aliphatic heterocycles. The summed E-state index contributed by atoms with van der Waals surface area (Å²) in [5.74, 6) is -0.00196. The van der Waals surface area contributed by atoms with Crippen molar-refractivity contribution >= 4 is 5.91 Å². The minimum atomic E-state index is -0.422. The largest absolute Gasteiger partial charge is 0.378 e. The molecule has 0 fully saturated rings. The van der Waals surface area contributed by atoms with Crippen molar-refractivity contribution in [3.8, 4) is 0 Å². The number of methoxy groups -OCH3 is 1. The monoisotopic (exact) mass is 264 g/mol. The molecule has 1 aromatic rings. The lowest BCUT2D eigenvalue weighted by atomic mass is 10.0. The van der Waals surface area contributed by atoms with Crippen LogP contribution in [0.1, 0.15) is 31.4 Å². The number of amides is 1. The molecule has 0 unspecified atom stereocenters. The highest BCUT2D eigenvalue weighted by atomic mass is 16.5. The molecule has 1 aromatic carbocycles. The first-order chi connectivity index (χ1) is 8.96. The molecule has 106 valence electrons. The molecule has 0 aliphatic rings. The summed E-state index contributed by atoms with van der Waals surface area (Å²) in [4.78, 5) is 11.8. The van der Waals surface area contributed by atoms with Gasteiger partial charge in [0, 0.05) is 13.7 Å². The second-order valence-electron chi connectivity index (χ2n) is 5.27. The second kappa shape index (κ2) is 7.26. The maximum Gasteiger partial charge on any atom is 0.223 e. The van der Waals surface area contributed by atoms with Crippen molar-refractivity contribution in [3.63, 3.8) is 0 Å². The SMILES string of the molecule is COC(C)(C)CC(=O)NCc1ccc(CCN)cc1. The van der Waals surface area contributed by atoms with Gasteiger partial charge in [-0.05, 0) is 37.9 Å². The number of carbonyl (C=O) groups excluding carboxylic acids is 1. The lowest BCUT2D eigenvalue weighted by molar-refractivity contribution is -0.126. The molecule has 0 heterocycles. The zero-order valence-corrected chi connectivity index (χ0v) is 12.0. The van der Waals surface area contributed by atoms with E-state index in [1.807, 2.05) is 38.1 Å². The average molecular weight is 264 g/mol. The minimum Gasteiger partial charge on any atom is -0.378 e. The Kier molecular flexibility index (Phi) is 5.99. The summed E-state index contributed by atoms with van der Waals surface area (Å²) in [5.41, 5.74) is 7.39. The number of benzene rings is 1. The van der Waals surface area contributed by atoms with Crippen LogP contribution in [0.3, 0.4) is 0 Å². The van der Waals surface area contributed by atoms with E-state index in [1.165, 1.54) is 5.56 Å². The van der Waals surface area contributed by atoms with E-state index in [9.17, 15) is 4.79 Å². The molecule has 3 N–H and O–H groups in total. The Balaban J connectivity index is 2.42. The molecule has 0 saturated heterocycles. The van der Waals surface area contributed by atoms with Crippen molar-refractivity contribution in [2.75, 3.05) is 13.7 Å². The first-order valence-corrected chi connectivity index (χ1v) is 6.56.